The van der Waals surface area contributed by atoms with Gasteiger partial charge in [0.15, 0.2) is 0 Å². The lowest BCUT2D eigenvalue weighted by atomic mass is 9.94. The average molecular weight is 247 g/mol. The number of hydrogen-bond acceptors (Lipinski definition) is 2. The van der Waals surface area contributed by atoms with E-state index in [1.54, 1.807) is 5.69 Å². The fraction of sp³-hybridized carbons (Fsp3) is 0.800. The highest BCUT2D eigenvalue weighted by Crippen LogP contribution is 2.32. The second kappa shape index (κ2) is 5.43. The van der Waals surface area contributed by atoms with Crippen molar-refractivity contribution < 1.29 is 0 Å². The van der Waals surface area contributed by atoms with Gasteiger partial charge in [-0.25, -0.2) is 4.98 Å². The first-order valence-electron chi connectivity index (χ1n) is 7.69. The van der Waals surface area contributed by atoms with Crippen LogP contribution in [0.1, 0.15) is 68.7 Å². The maximum Gasteiger partial charge on any atom is 0.109 e. The summed E-state index contributed by atoms with van der Waals surface area (Å²) >= 11 is 0. The first kappa shape index (κ1) is 12.2. The first-order chi connectivity index (χ1) is 8.90. The average Bonchev–Trinajstić information content (AvgIpc) is 2.78. The summed E-state index contributed by atoms with van der Waals surface area (Å²) in [6.45, 7) is 4.36. The van der Waals surface area contributed by atoms with Crippen molar-refractivity contribution in [1.82, 2.24) is 14.9 Å². The lowest BCUT2D eigenvalue weighted by Gasteiger charge is -2.28. The summed E-state index contributed by atoms with van der Waals surface area (Å²) in [5.41, 5.74) is 2.87. The lowest BCUT2D eigenvalue weighted by Crippen LogP contribution is -2.26. The highest BCUT2D eigenvalue weighted by Gasteiger charge is 2.25. The molecule has 0 unspecified atom stereocenters. The Kier molecular flexibility index (Phi) is 3.69. The Bertz CT molecular complexity index is 402. The number of nitrogens with zero attached hydrogens (tertiary/aromatic N) is 2. The van der Waals surface area contributed by atoms with E-state index in [4.69, 9.17) is 4.98 Å². The summed E-state index contributed by atoms with van der Waals surface area (Å²) < 4.78 is 2.64. The number of fused-ring (bicyclic) bond motifs is 1. The van der Waals surface area contributed by atoms with E-state index in [-0.39, 0.29) is 0 Å². The number of imidazole rings is 1. The molecule has 0 aromatic carbocycles. The van der Waals surface area contributed by atoms with E-state index in [0.29, 0.717) is 0 Å². The van der Waals surface area contributed by atoms with Gasteiger partial charge in [-0.1, -0.05) is 26.2 Å². The standard InChI is InChI=1S/C15H25N3/c1-2-6-15-17-13-11-16-10-9-14(13)18(15)12-7-4-3-5-8-12/h12,16H,2-11H2,1H3. The van der Waals surface area contributed by atoms with Crippen molar-refractivity contribution in [3.05, 3.63) is 17.2 Å². The fourth-order valence-electron chi connectivity index (χ4n) is 3.56. The van der Waals surface area contributed by atoms with Crippen LogP contribution in [0.5, 0.6) is 0 Å². The number of aromatic nitrogens is 2. The summed E-state index contributed by atoms with van der Waals surface area (Å²) in [5, 5.41) is 3.45. The van der Waals surface area contributed by atoms with Crippen LogP contribution in [0.25, 0.3) is 0 Å². The van der Waals surface area contributed by atoms with Crippen LogP contribution in [-0.4, -0.2) is 16.1 Å². The SMILES string of the molecule is CCCc1nc2c(n1C1CCCCC1)CCNC2. The molecule has 0 amide bonds. The van der Waals surface area contributed by atoms with Crippen molar-refractivity contribution in [3.8, 4) is 0 Å². The monoisotopic (exact) mass is 247 g/mol. The Morgan fingerprint density at radius 1 is 1.28 bits per heavy atom. The second-order valence-electron chi connectivity index (χ2n) is 5.76. The van der Waals surface area contributed by atoms with Crippen molar-refractivity contribution in [2.24, 2.45) is 0 Å². The molecule has 0 bridgehead atoms. The Labute approximate surface area is 110 Å². The van der Waals surface area contributed by atoms with Crippen LogP contribution >= 0.6 is 0 Å². The summed E-state index contributed by atoms with van der Waals surface area (Å²) in [5.74, 6) is 1.36. The summed E-state index contributed by atoms with van der Waals surface area (Å²) in [4.78, 5) is 4.92. The molecule has 0 radical (unpaired) electrons. The molecule has 1 fully saturated rings. The smallest absolute Gasteiger partial charge is 0.109 e. The highest BCUT2D eigenvalue weighted by molar-refractivity contribution is 5.21. The van der Waals surface area contributed by atoms with Crippen LogP contribution in [0.15, 0.2) is 0 Å². The van der Waals surface area contributed by atoms with Gasteiger partial charge in [-0.05, 0) is 19.3 Å². The zero-order chi connectivity index (χ0) is 12.4. The number of aryl methyl sites for hydroxylation is 1. The number of rotatable bonds is 3. The van der Waals surface area contributed by atoms with Gasteiger partial charge < -0.3 is 9.88 Å². The van der Waals surface area contributed by atoms with Gasteiger partial charge in [-0.2, -0.15) is 0 Å². The molecule has 3 nitrogen and oxygen atoms in total. The predicted octanol–water partition coefficient (Wildman–Crippen LogP) is 2.99. The Morgan fingerprint density at radius 2 is 2.11 bits per heavy atom. The van der Waals surface area contributed by atoms with Crippen molar-refractivity contribution >= 4 is 0 Å². The van der Waals surface area contributed by atoms with E-state index < -0.39 is 0 Å². The van der Waals surface area contributed by atoms with E-state index in [1.807, 2.05) is 0 Å². The maximum atomic E-state index is 4.92. The Hall–Kier alpha value is -0.830. The van der Waals surface area contributed by atoms with Crippen molar-refractivity contribution in [2.45, 2.75) is 70.9 Å². The Morgan fingerprint density at radius 3 is 2.89 bits per heavy atom. The molecule has 1 N–H and O–H groups in total. The minimum absolute atomic E-state index is 0.745. The number of nitrogens with one attached hydrogen (secondary N) is 1. The zero-order valence-electron chi connectivity index (χ0n) is 11.5. The second-order valence-corrected chi connectivity index (χ2v) is 5.76. The summed E-state index contributed by atoms with van der Waals surface area (Å²) in [6.07, 6.45) is 10.5. The maximum absolute atomic E-state index is 4.92. The molecule has 3 rings (SSSR count). The lowest BCUT2D eigenvalue weighted by molar-refractivity contribution is 0.337. The molecule has 100 valence electrons. The highest BCUT2D eigenvalue weighted by atomic mass is 15.1. The van der Waals surface area contributed by atoms with E-state index >= 15 is 0 Å². The molecule has 2 heterocycles. The molecule has 1 saturated carbocycles. The van der Waals surface area contributed by atoms with Crippen LogP contribution in [-0.2, 0) is 19.4 Å². The summed E-state index contributed by atoms with van der Waals surface area (Å²) in [7, 11) is 0. The third-order valence-corrected chi connectivity index (χ3v) is 4.41. The molecule has 1 aliphatic carbocycles. The molecular formula is C15H25N3. The van der Waals surface area contributed by atoms with Crippen LogP contribution < -0.4 is 5.32 Å². The van der Waals surface area contributed by atoms with Gasteiger partial charge in [0.25, 0.3) is 0 Å². The summed E-state index contributed by atoms with van der Waals surface area (Å²) in [6, 6.07) is 0.745. The van der Waals surface area contributed by atoms with Gasteiger partial charge in [0.05, 0.1) is 5.69 Å². The van der Waals surface area contributed by atoms with Crippen molar-refractivity contribution in [2.75, 3.05) is 6.54 Å². The molecule has 2 aliphatic rings. The van der Waals surface area contributed by atoms with Crippen LogP contribution in [0, 0.1) is 0 Å². The molecule has 3 heteroatoms. The molecule has 1 aliphatic heterocycles. The zero-order valence-corrected chi connectivity index (χ0v) is 11.5. The van der Waals surface area contributed by atoms with Crippen LogP contribution in [0.2, 0.25) is 0 Å². The number of hydrogen-bond donors (Lipinski definition) is 1. The molecular weight excluding hydrogens is 222 g/mol. The third kappa shape index (κ3) is 2.20. The van der Waals surface area contributed by atoms with Gasteiger partial charge in [0.2, 0.25) is 0 Å². The normalized spacial score (nSPS) is 20.9. The molecule has 18 heavy (non-hydrogen) atoms. The molecule has 1 aromatic heterocycles. The topological polar surface area (TPSA) is 29.9 Å². The van der Waals surface area contributed by atoms with E-state index in [1.165, 1.54) is 56.5 Å². The van der Waals surface area contributed by atoms with Crippen LogP contribution in [0.3, 0.4) is 0 Å². The van der Waals surface area contributed by atoms with Gasteiger partial charge in [-0.3, -0.25) is 0 Å². The van der Waals surface area contributed by atoms with Gasteiger partial charge in [0.1, 0.15) is 5.82 Å². The largest absolute Gasteiger partial charge is 0.329 e. The van der Waals surface area contributed by atoms with Crippen molar-refractivity contribution in [1.29, 1.82) is 0 Å². The van der Waals surface area contributed by atoms with Gasteiger partial charge >= 0.3 is 0 Å². The minimum atomic E-state index is 0.745. The predicted molar refractivity (Wildman–Crippen MR) is 73.8 cm³/mol. The van der Waals surface area contributed by atoms with Gasteiger partial charge in [0, 0.05) is 37.7 Å². The van der Waals surface area contributed by atoms with Crippen LogP contribution in [0.4, 0.5) is 0 Å². The van der Waals surface area contributed by atoms with Gasteiger partial charge in [-0.15, -0.1) is 0 Å². The molecule has 0 spiro atoms. The quantitative estimate of drug-likeness (QED) is 0.890. The van der Waals surface area contributed by atoms with E-state index in [2.05, 4.69) is 16.8 Å². The fourth-order valence-corrected chi connectivity index (χ4v) is 3.56. The third-order valence-electron chi connectivity index (χ3n) is 4.41. The van der Waals surface area contributed by atoms with Crippen molar-refractivity contribution in [3.63, 3.8) is 0 Å². The first-order valence-corrected chi connectivity index (χ1v) is 7.69. The molecule has 0 atom stereocenters. The Balaban J connectivity index is 1.95. The molecule has 1 aromatic rings. The van der Waals surface area contributed by atoms with E-state index in [9.17, 15) is 0 Å². The molecule has 0 saturated heterocycles. The minimum Gasteiger partial charge on any atom is -0.329 e. The van der Waals surface area contributed by atoms with E-state index in [0.717, 1.165) is 25.6 Å².